The molecule has 0 aromatic heterocycles. The van der Waals surface area contributed by atoms with Gasteiger partial charge in [0.2, 0.25) is 5.91 Å². The fourth-order valence-corrected chi connectivity index (χ4v) is 2.13. The Morgan fingerprint density at radius 2 is 1.62 bits per heavy atom. The first-order valence-electron chi connectivity index (χ1n) is 9.97. The Hall–Kier alpha value is -0.940. The third-order valence-corrected chi connectivity index (χ3v) is 4.10. The molecule has 1 amide bonds. The molecule has 5 nitrogen and oxygen atoms in total. The maximum atomic E-state index is 12.0. The van der Waals surface area contributed by atoms with Gasteiger partial charge in [-0.25, -0.2) is 0 Å². The van der Waals surface area contributed by atoms with Gasteiger partial charge in [0, 0.05) is 30.2 Å². The van der Waals surface area contributed by atoms with Crippen molar-refractivity contribution in [2.45, 2.75) is 87.2 Å². The van der Waals surface area contributed by atoms with E-state index in [-0.39, 0.29) is 22.3 Å². The number of amides is 1. The zero-order valence-corrected chi connectivity index (χ0v) is 18.8. The highest BCUT2D eigenvalue weighted by atomic mass is 16.5. The molecule has 0 radical (unpaired) electrons. The molecule has 0 fully saturated rings. The van der Waals surface area contributed by atoms with Crippen molar-refractivity contribution >= 4 is 12.1 Å². The Labute approximate surface area is 162 Å². The van der Waals surface area contributed by atoms with E-state index in [0.717, 1.165) is 19.3 Å². The van der Waals surface area contributed by atoms with E-state index in [9.17, 15) is 4.79 Å². The minimum absolute atomic E-state index is 0.0884. The molecule has 0 rings (SSSR count). The zero-order valence-electron chi connectivity index (χ0n) is 18.8. The van der Waals surface area contributed by atoms with E-state index >= 15 is 0 Å². The standard InChI is InChI=1S/C19H38N2O3.C2H6/c1-8-9-18(4,5)16(22)21-11-13-23-12-10-19(6,7)24-15-17(2,3)14-20;1-2/h14,20H,8-13,15H2,1-7H3,(H,21,22);1-2H3. The SMILES string of the molecule is CC.CCCC(C)(C)C(=O)NCCOCCC(C)(C)OCC(C)(C)C=N. The Morgan fingerprint density at radius 3 is 2.12 bits per heavy atom. The average Bonchev–Trinajstić information content (AvgIpc) is 2.58. The van der Waals surface area contributed by atoms with Crippen molar-refractivity contribution in [2.24, 2.45) is 10.8 Å². The summed E-state index contributed by atoms with van der Waals surface area (Å²) in [6.07, 6.45) is 4.08. The summed E-state index contributed by atoms with van der Waals surface area (Å²) in [5, 5.41) is 10.3. The predicted octanol–water partition coefficient (Wildman–Crippen LogP) is 4.83. The second-order valence-corrected chi connectivity index (χ2v) is 8.43. The van der Waals surface area contributed by atoms with E-state index in [4.69, 9.17) is 14.9 Å². The van der Waals surface area contributed by atoms with Gasteiger partial charge in [0.05, 0.1) is 18.8 Å². The number of hydrogen-bond acceptors (Lipinski definition) is 4. The van der Waals surface area contributed by atoms with Crippen LogP contribution in [0.4, 0.5) is 0 Å². The van der Waals surface area contributed by atoms with Crippen LogP contribution in [0.5, 0.6) is 0 Å². The van der Waals surface area contributed by atoms with Crippen LogP contribution in [0, 0.1) is 16.2 Å². The quantitative estimate of drug-likeness (QED) is 0.359. The van der Waals surface area contributed by atoms with Crippen LogP contribution in [0.15, 0.2) is 0 Å². The molecule has 0 aliphatic rings. The van der Waals surface area contributed by atoms with Gasteiger partial charge in [-0.3, -0.25) is 4.79 Å². The molecule has 0 bridgehead atoms. The van der Waals surface area contributed by atoms with Crippen LogP contribution in [0.25, 0.3) is 0 Å². The highest BCUT2D eigenvalue weighted by Crippen LogP contribution is 2.22. The van der Waals surface area contributed by atoms with Gasteiger partial charge < -0.3 is 20.2 Å². The number of carbonyl (C=O) groups excluding carboxylic acids is 1. The maximum absolute atomic E-state index is 12.0. The molecule has 0 saturated heterocycles. The Bertz CT molecular complexity index is 391. The number of nitrogens with one attached hydrogen (secondary N) is 2. The molecule has 26 heavy (non-hydrogen) atoms. The number of rotatable bonds is 13. The molecule has 0 aliphatic carbocycles. The molecule has 0 aliphatic heterocycles. The summed E-state index contributed by atoms with van der Waals surface area (Å²) in [5.41, 5.74) is -0.841. The monoisotopic (exact) mass is 372 g/mol. The first-order valence-corrected chi connectivity index (χ1v) is 9.97. The second kappa shape index (κ2) is 13.3. The van der Waals surface area contributed by atoms with E-state index < -0.39 is 0 Å². The van der Waals surface area contributed by atoms with Crippen molar-refractivity contribution < 1.29 is 14.3 Å². The largest absolute Gasteiger partial charge is 0.380 e. The van der Waals surface area contributed by atoms with E-state index in [1.165, 1.54) is 6.21 Å². The van der Waals surface area contributed by atoms with E-state index in [1.54, 1.807) is 0 Å². The van der Waals surface area contributed by atoms with Gasteiger partial charge in [-0.05, 0) is 26.7 Å². The first kappa shape index (κ1) is 27.3. The van der Waals surface area contributed by atoms with Gasteiger partial charge >= 0.3 is 0 Å². The van der Waals surface area contributed by atoms with Crippen molar-refractivity contribution in [1.82, 2.24) is 5.32 Å². The molecule has 0 unspecified atom stereocenters. The lowest BCUT2D eigenvalue weighted by Crippen LogP contribution is -2.38. The zero-order chi connectivity index (χ0) is 20.9. The molecule has 0 saturated carbocycles. The van der Waals surface area contributed by atoms with Crippen LogP contribution in [-0.4, -0.2) is 44.1 Å². The summed E-state index contributed by atoms with van der Waals surface area (Å²) in [6, 6.07) is 0. The van der Waals surface area contributed by atoms with E-state index in [1.807, 2.05) is 55.4 Å². The normalized spacial score (nSPS) is 12.2. The summed E-state index contributed by atoms with van der Waals surface area (Å²) in [6.45, 7) is 20.2. The first-order chi connectivity index (χ1) is 12.0. The van der Waals surface area contributed by atoms with Gasteiger partial charge in [0.25, 0.3) is 0 Å². The van der Waals surface area contributed by atoms with Crippen molar-refractivity contribution in [3.63, 3.8) is 0 Å². The molecule has 5 heteroatoms. The summed E-state index contributed by atoms with van der Waals surface area (Å²) in [5.74, 6) is 0.0884. The van der Waals surface area contributed by atoms with Crippen molar-refractivity contribution in [2.75, 3.05) is 26.4 Å². The molecule has 0 aromatic rings. The van der Waals surface area contributed by atoms with Crippen molar-refractivity contribution in [3.05, 3.63) is 0 Å². The molecular weight excluding hydrogens is 328 g/mol. The average molecular weight is 373 g/mol. The molecule has 2 N–H and O–H groups in total. The minimum Gasteiger partial charge on any atom is -0.380 e. The topological polar surface area (TPSA) is 71.4 Å². The fraction of sp³-hybridized carbons (Fsp3) is 0.905. The lowest BCUT2D eigenvalue weighted by Gasteiger charge is -2.29. The molecule has 0 aromatic carbocycles. The van der Waals surface area contributed by atoms with Crippen molar-refractivity contribution in [1.29, 1.82) is 5.41 Å². The van der Waals surface area contributed by atoms with E-state index in [0.29, 0.717) is 26.4 Å². The van der Waals surface area contributed by atoms with Gasteiger partial charge in [-0.1, -0.05) is 54.9 Å². The van der Waals surface area contributed by atoms with Crippen LogP contribution in [0.3, 0.4) is 0 Å². The summed E-state index contributed by atoms with van der Waals surface area (Å²) >= 11 is 0. The predicted molar refractivity (Wildman–Crippen MR) is 111 cm³/mol. The molecule has 0 heterocycles. The van der Waals surface area contributed by atoms with Gasteiger partial charge in [-0.2, -0.15) is 0 Å². The second-order valence-electron chi connectivity index (χ2n) is 8.43. The van der Waals surface area contributed by atoms with Gasteiger partial charge in [0.1, 0.15) is 0 Å². The van der Waals surface area contributed by atoms with E-state index in [2.05, 4.69) is 12.2 Å². The van der Waals surface area contributed by atoms with Gasteiger partial charge in [-0.15, -0.1) is 0 Å². The van der Waals surface area contributed by atoms with Crippen LogP contribution in [-0.2, 0) is 14.3 Å². The third-order valence-electron chi connectivity index (χ3n) is 4.10. The van der Waals surface area contributed by atoms with Crippen LogP contribution in [0.2, 0.25) is 0 Å². The highest BCUT2D eigenvalue weighted by Gasteiger charge is 2.26. The summed E-state index contributed by atoms with van der Waals surface area (Å²) < 4.78 is 11.5. The highest BCUT2D eigenvalue weighted by molar-refractivity contribution is 5.81. The van der Waals surface area contributed by atoms with Crippen LogP contribution >= 0.6 is 0 Å². The molecular formula is C21H44N2O3. The van der Waals surface area contributed by atoms with Crippen molar-refractivity contribution in [3.8, 4) is 0 Å². The van der Waals surface area contributed by atoms with Crippen LogP contribution < -0.4 is 5.32 Å². The minimum atomic E-state index is -0.313. The number of hydrogen-bond donors (Lipinski definition) is 2. The summed E-state index contributed by atoms with van der Waals surface area (Å²) in [7, 11) is 0. The van der Waals surface area contributed by atoms with Crippen LogP contribution in [0.1, 0.15) is 81.6 Å². The molecule has 0 spiro atoms. The third kappa shape index (κ3) is 13.3. The number of ether oxygens (including phenoxy) is 2. The lowest BCUT2D eigenvalue weighted by molar-refractivity contribution is -0.130. The van der Waals surface area contributed by atoms with Gasteiger partial charge in [0.15, 0.2) is 0 Å². The molecule has 156 valence electrons. The summed E-state index contributed by atoms with van der Waals surface area (Å²) in [4.78, 5) is 12.0. The Kier molecular flexibility index (Phi) is 13.9. The number of carbonyl (C=O) groups is 1. The maximum Gasteiger partial charge on any atom is 0.225 e. The Morgan fingerprint density at radius 1 is 1.04 bits per heavy atom. The smallest absolute Gasteiger partial charge is 0.225 e. The Balaban J connectivity index is 0. The lowest BCUT2D eigenvalue weighted by atomic mass is 9.87. The molecule has 0 atom stereocenters. The fourth-order valence-electron chi connectivity index (χ4n) is 2.13.